The van der Waals surface area contributed by atoms with Crippen molar-refractivity contribution in [3.05, 3.63) is 75.2 Å². The number of hydrogen-bond acceptors (Lipinski definition) is 5. The summed E-state index contributed by atoms with van der Waals surface area (Å²) in [5, 5.41) is 5.16. The van der Waals surface area contributed by atoms with Gasteiger partial charge in [-0.3, -0.25) is 0 Å². The molecular formula is C19H16BrCl2N3O3. The maximum Gasteiger partial charge on any atom is 0.217 e. The molecule has 0 N–H and O–H groups in total. The molecule has 1 aromatic heterocycles. The minimum Gasteiger partial charge on any atom is -0.491 e. The molecule has 6 nitrogen and oxygen atoms in total. The molecule has 3 aromatic rings. The van der Waals surface area contributed by atoms with Crippen LogP contribution in [-0.2, 0) is 21.8 Å². The SMILES string of the molecule is Clc1ccc(C2(Cn3cncn3)OCC(COc3ccc(Br)cc3)O2)c(Cl)c1. The molecule has 0 bridgehead atoms. The van der Waals surface area contributed by atoms with Crippen LogP contribution in [0, 0.1) is 0 Å². The second-order valence-electron chi connectivity index (χ2n) is 6.29. The highest BCUT2D eigenvalue weighted by atomic mass is 79.9. The number of hydrogen-bond donors (Lipinski definition) is 0. The van der Waals surface area contributed by atoms with Gasteiger partial charge in [-0.25, -0.2) is 9.67 Å². The fourth-order valence-corrected chi connectivity index (χ4v) is 3.82. The lowest BCUT2D eigenvalue weighted by Gasteiger charge is -2.29. The largest absolute Gasteiger partial charge is 0.491 e. The summed E-state index contributed by atoms with van der Waals surface area (Å²) in [7, 11) is 0. The Morgan fingerprint density at radius 3 is 2.75 bits per heavy atom. The Balaban J connectivity index is 1.54. The van der Waals surface area contributed by atoms with Crippen molar-refractivity contribution >= 4 is 39.1 Å². The first-order valence-electron chi connectivity index (χ1n) is 8.52. The van der Waals surface area contributed by atoms with Crippen molar-refractivity contribution in [2.75, 3.05) is 13.2 Å². The number of halogens is 3. The van der Waals surface area contributed by atoms with Crippen LogP contribution in [0.15, 0.2) is 59.6 Å². The van der Waals surface area contributed by atoms with Crippen LogP contribution in [0.1, 0.15) is 5.56 Å². The fourth-order valence-electron chi connectivity index (χ4n) is 3.00. The molecule has 4 rings (SSSR count). The summed E-state index contributed by atoms with van der Waals surface area (Å²) < 4.78 is 20.9. The third kappa shape index (κ3) is 4.34. The summed E-state index contributed by atoms with van der Waals surface area (Å²) in [5.74, 6) is -0.353. The van der Waals surface area contributed by atoms with E-state index in [2.05, 4.69) is 26.0 Å². The highest BCUT2D eigenvalue weighted by molar-refractivity contribution is 9.10. The van der Waals surface area contributed by atoms with E-state index >= 15 is 0 Å². The van der Waals surface area contributed by atoms with Crippen LogP contribution < -0.4 is 4.74 Å². The Hall–Kier alpha value is -1.64. The van der Waals surface area contributed by atoms with Crippen molar-refractivity contribution in [1.82, 2.24) is 14.8 Å². The lowest BCUT2D eigenvalue weighted by atomic mass is 10.1. The summed E-state index contributed by atoms with van der Waals surface area (Å²) in [6.07, 6.45) is 2.78. The molecule has 2 aromatic carbocycles. The van der Waals surface area contributed by atoms with Gasteiger partial charge >= 0.3 is 0 Å². The van der Waals surface area contributed by atoms with Crippen LogP contribution in [-0.4, -0.2) is 34.1 Å². The normalized spacial score (nSPS) is 21.8. The smallest absolute Gasteiger partial charge is 0.217 e. The van der Waals surface area contributed by atoms with Gasteiger partial charge in [-0.2, -0.15) is 5.10 Å². The summed E-state index contributed by atoms with van der Waals surface area (Å²) in [6.45, 7) is 0.985. The molecule has 28 heavy (non-hydrogen) atoms. The zero-order valence-corrected chi connectivity index (χ0v) is 17.7. The molecule has 2 unspecified atom stereocenters. The van der Waals surface area contributed by atoms with Crippen LogP contribution >= 0.6 is 39.1 Å². The maximum absolute atomic E-state index is 6.45. The molecule has 0 radical (unpaired) electrons. The van der Waals surface area contributed by atoms with E-state index in [1.54, 1.807) is 29.2 Å². The van der Waals surface area contributed by atoms with Crippen molar-refractivity contribution in [2.45, 2.75) is 18.4 Å². The maximum atomic E-state index is 6.45. The van der Waals surface area contributed by atoms with Gasteiger partial charge in [-0.05, 0) is 36.4 Å². The van der Waals surface area contributed by atoms with E-state index in [0.29, 0.717) is 35.4 Å². The lowest BCUT2D eigenvalue weighted by Crippen LogP contribution is -2.35. The first kappa shape index (κ1) is 19.7. The molecule has 0 aliphatic carbocycles. The topological polar surface area (TPSA) is 58.4 Å². The zero-order valence-electron chi connectivity index (χ0n) is 14.6. The molecule has 146 valence electrons. The first-order valence-corrected chi connectivity index (χ1v) is 10.1. The molecule has 1 fully saturated rings. The van der Waals surface area contributed by atoms with E-state index in [0.717, 1.165) is 10.2 Å². The molecular weight excluding hydrogens is 469 g/mol. The Bertz CT molecular complexity index is 940. The molecule has 0 spiro atoms. The van der Waals surface area contributed by atoms with Crippen molar-refractivity contribution < 1.29 is 14.2 Å². The minimum atomic E-state index is -1.11. The minimum absolute atomic E-state index is 0.279. The van der Waals surface area contributed by atoms with Gasteiger partial charge in [0.15, 0.2) is 0 Å². The van der Waals surface area contributed by atoms with Gasteiger partial charge < -0.3 is 14.2 Å². The number of nitrogens with zero attached hydrogens (tertiary/aromatic N) is 3. The molecule has 0 amide bonds. The monoisotopic (exact) mass is 483 g/mol. The molecule has 9 heteroatoms. The van der Waals surface area contributed by atoms with Gasteiger partial charge in [0.05, 0.1) is 11.6 Å². The fraction of sp³-hybridized carbons (Fsp3) is 0.263. The molecule has 2 atom stereocenters. The van der Waals surface area contributed by atoms with E-state index in [9.17, 15) is 0 Å². The molecule has 1 saturated heterocycles. The van der Waals surface area contributed by atoms with Crippen molar-refractivity contribution in [3.63, 3.8) is 0 Å². The zero-order chi connectivity index (χ0) is 19.6. The molecule has 1 aliphatic rings. The number of ether oxygens (including phenoxy) is 3. The molecule has 0 saturated carbocycles. The number of rotatable bonds is 6. The second-order valence-corrected chi connectivity index (χ2v) is 8.05. The third-order valence-corrected chi connectivity index (χ3v) is 5.36. The van der Waals surface area contributed by atoms with E-state index in [1.165, 1.54) is 6.33 Å². The van der Waals surface area contributed by atoms with Crippen molar-refractivity contribution in [3.8, 4) is 5.75 Å². The summed E-state index contributed by atoms with van der Waals surface area (Å²) in [6, 6.07) is 12.8. The van der Waals surface area contributed by atoms with Gasteiger partial charge in [-0.1, -0.05) is 45.2 Å². The highest BCUT2D eigenvalue weighted by Crippen LogP contribution is 2.40. The van der Waals surface area contributed by atoms with E-state index in [4.69, 9.17) is 37.4 Å². The average Bonchev–Trinajstić information content (AvgIpc) is 3.32. The van der Waals surface area contributed by atoms with Gasteiger partial charge in [0.2, 0.25) is 5.79 Å². The van der Waals surface area contributed by atoms with Crippen LogP contribution in [0.2, 0.25) is 10.0 Å². The Morgan fingerprint density at radius 2 is 2.04 bits per heavy atom. The highest BCUT2D eigenvalue weighted by Gasteiger charge is 2.45. The predicted molar refractivity (Wildman–Crippen MR) is 109 cm³/mol. The van der Waals surface area contributed by atoms with E-state index < -0.39 is 5.79 Å². The van der Waals surface area contributed by atoms with Crippen molar-refractivity contribution in [2.24, 2.45) is 0 Å². The first-order chi connectivity index (χ1) is 13.5. The van der Waals surface area contributed by atoms with Crippen LogP contribution in [0.5, 0.6) is 5.75 Å². The summed E-state index contributed by atoms with van der Waals surface area (Å²) >= 11 is 15.9. The lowest BCUT2D eigenvalue weighted by molar-refractivity contribution is -0.190. The van der Waals surface area contributed by atoms with Crippen LogP contribution in [0.3, 0.4) is 0 Å². The Labute approximate surface area is 180 Å². The predicted octanol–water partition coefficient (Wildman–Crippen LogP) is 4.69. The van der Waals surface area contributed by atoms with E-state index in [-0.39, 0.29) is 6.10 Å². The second kappa shape index (κ2) is 8.39. The molecule has 2 heterocycles. The van der Waals surface area contributed by atoms with E-state index in [1.807, 2.05) is 24.3 Å². The Morgan fingerprint density at radius 1 is 1.21 bits per heavy atom. The number of benzene rings is 2. The van der Waals surface area contributed by atoms with Gasteiger partial charge in [0.25, 0.3) is 0 Å². The van der Waals surface area contributed by atoms with Gasteiger partial charge in [-0.15, -0.1) is 0 Å². The number of aromatic nitrogens is 3. The van der Waals surface area contributed by atoms with Crippen molar-refractivity contribution in [1.29, 1.82) is 0 Å². The third-order valence-electron chi connectivity index (χ3n) is 4.29. The summed E-state index contributed by atoms with van der Waals surface area (Å²) in [4.78, 5) is 3.99. The van der Waals surface area contributed by atoms with Crippen LogP contribution in [0.25, 0.3) is 0 Å². The average molecular weight is 485 g/mol. The van der Waals surface area contributed by atoms with Crippen LogP contribution in [0.4, 0.5) is 0 Å². The van der Waals surface area contributed by atoms with Gasteiger partial charge in [0.1, 0.15) is 37.7 Å². The quantitative estimate of drug-likeness (QED) is 0.507. The Kier molecular flexibility index (Phi) is 5.89. The van der Waals surface area contributed by atoms with Gasteiger partial charge in [0, 0.05) is 15.1 Å². The standard InChI is InChI=1S/C19H16BrCl2N3O3/c20-13-1-4-15(5-2-13)26-8-16-9-27-19(28-16,10-25-12-23-11-24-25)17-6-3-14(21)7-18(17)22/h1-7,11-12,16H,8-10H2. The summed E-state index contributed by atoms with van der Waals surface area (Å²) in [5.41, 5.74) is 0.681. The molecule has 1 aliphatic heterocycles.